The van der Waals surface area contributed by atoms with Crippen LogP contribution in [0.1, 0.15) is 34.6 Å². The number of aromatic nitrogens is 3. The summed E-state index contributed by atoms with van der Waals surface area (Å²) in [5, 5.41) is 7.55. The number of carbonyl (C=O) groups excluding carboxylic acids is 1. The number of piperidine rings is 1. The SMILES string of the molecule is COCCN1CCCC(NC(=O)c2cnc3cc(C)nn3c2C)C1. The van der Waals surface area contributed by atoms with Gasteiger partial charge in [0, 0.05) is 38.5 Å². The zero-order valence-electron chi connectivity index (χ0n) is 14.6. The van der Waals surface area contributed by atoms with E-state index in [1.165, 1.54) is 0 Å². The van der Waals surface area contributed by atoms with Crippen molar-refractivity contribution < 1.29 is 9.53 Å². The number of carbonyl (C=O) groups is 1. The van der Waals surface area contributed by atoms with Crippen LogP contribution in [0.5, 0.6) is 0 Å². The lowest BCUT2D eigenvalue weighted by Gasteiger charge is -2.33. The van der Waals surface area contributed by atoms with Crippen LogP contribution in [0.15, 0.2) is 12.3 Å². The molecular formula is C17H25N5O2. The number of rotatable bonds is 5. The van der Waals surface area contributed by atoms with Gasteiger partial charge in [-0.3, -0.25) is 9.69 Å². The molecule has 7 heteroatoms. The second kappa shape index (κ2) is 7.27. The number of hydrogen-bond acceptors (Lipinski definition) is 5. The molecule has 1 atom stereocenters. The van der Waals surface area contributed by atoms with E-state index in [0.717, 1.165) is 56.1 Å². The van der Waals surface area contributed by atoms with E-state index in [1.54, 1.807) is 17.8 Å². The summed E-state index contributed by atoms with van der Waals surface area (Å²) in [6.07, 6.45) is 3.74. The van der Waals surface area contributed by atoms with Crippen molar-refractivity contribution >= 4 is 11.6 Å². The molecule has 1 N–H and O–H groups in total. The summed E-state index contributed by atoms with van der Waals surface area (Å²) in [6, 6.07) is 2.07. The summed E-state index contributed by atoms with van der Waals surface area (Å²) in [4.78, 5) is 19.4. The molecule has 1 aliphatic heterocycles. The van der Waals surface area contributed by atoms with Crippen molar-refractivity contribution in [1.29, 1.82) is 0 Å². The van der Waals surface area contributed by atoms with Gasteiger partial charge in [0.05, 0.1) is 23.6 Å². The average molecular weight is 331 g/mol. The maximum absolute atomic E-state index is 12.7. The second-order valence-electron chi connectivity index (χ2n) is 6.42. The van der Waals surface area contributed by atoms with E-state index >= 15 is 0 Å². The molecule has 0 aliphatic carbocycles. The molecule has 1 aliphatic rings. The van der Waals surface area contributed by atoms with Crippen LogP contribution in [0, 0.1) is 13.8 Å². The van der Waals surface area contributed by atoms with Crippen molar-refractivity contribution in [3.05, 3.63) is 29.2 Å². The third-order valence-electron chi connectivity index (χ3n) is 4.54. The van der Waals surface area contributed by atoms with Crippen LogP contribution in [0.25, 0.3) is 5.65 Å². The molecular weight excluding hydrogens is 306 g/mol. The Morgan fingerprint density at radius 2 is 2.29 bits per heavy atom. The summed E-state index contributed by atoms with van der Waals surface area (Å²) in [6.45, 7) is 7.38. The molecule has 1 fully saturated rings. The molecule has 2 aromatic heterocycles. The Balaban J connectivity index is 1.69. The van der Waals surface area contributed by atoms with E-state index in [1.807, 2.05) is 19.9 Å². The number of likely N-dealkylation sites (tertiary alicyclic amines) is 1. The minimum atomic E-state index is -0.0753. The van der Waals surface area contributed by atoms with Gasteiger partial charge in [0.15, 0.2) is 5.65 Å². The lowest BCUT2D eigenvalue weighted by Crippen LogP contribution is -2.48. The zero-order chi connectivity index (χ0) is 17.1. The predicted molar refractivity (Wildman–Crippen MR) is 91.3 cm³/mol. The number of nitrogens with zero attached hydrogens (tertiary/aromatic N) is 4. The largest absolute Gasteiger partial charge is 0.383 e. The van der Waals surface area contributed by atoms with E-state index in [9.17, 15) is 4.79 Å². The van der Waals surface area contributed by atoms with Gasteiger partial charge in [-0.1, -0.05) is 0 Å². The first-order chi connectivity index (χ1) is 11.6. The monoisotopic (exact) mass is 331 g/mol. The molecule has 0 aromatic carbocycles. The van der Waals surface area contributed by atoms with E-state index in [4.69, 9.17) is 4.74 Å². The fourth-order valence-electron chi connectivity index (χ4n) is 3.25. The molecule has 1 saturated heterocycles. The van der Waals surface area contributed by atoms with Crippen LogP contribution in [0.2, 0.25) is 0 Å². The van der Waals surface area contributed by atoms with Crippen LogP contribution in [-0.2, 0) is 4.74 Å². The van der Waals surface area contributed by atoms with Gasteiger partial charge in [-0.15, -0.1) is 0 Å². The number of fused-ring (bicyclic) bond motifs is 1. The molecule has 130 valence electrons. The molecule has 1 amide bonds. The molecule has 1 unspecified atom stereocenters. The Kier molecular flexibility index (Phi) is 5.11. The maximum atomic E-state index is 12.7. The summed E-state index contributed by atoms with van der Waals surface area (Å²) in [7, 11) is 1.71. The van der Waals surface area contributed by atoms with Crippen LogP contribution in [-0.4, -0.2) is 64.8 Å². The molecule has 24 heavy (non-hydrogen) atoms. The lowest BCUT2D eigenvalue weighted by atomic mass is 10.1. The summed E-state index contributed by atoms with van der Waals surface area (Å²) >= 11 is 0. The summed E-state index contributed by atoms with van der Waals surface area (Å²) in [5.74, 6) is -0.0753. The Morgan fingerprint density at radius 3 is 3.08 bits per heavy atom. The minimum absolute atomic E-state index is 0.0753. The van der Waals surface area contributed by atoms with Gasteiger partial charge in [0.1, 0.15) is 0 Å². The number of ether oxygens (including phenoxy) is 1. The highest BCUT2D eigenvalue weighted by Crippen LogP contribution is 2.14. The zero-order valence-corrected chi connectivity index (χ0v) is 14.6. The molecule has 3 heterocycles. The van der Waals surface area contributed by atoms with Gasteiger partial charge < -0.3 is 10.1 Å². The predicted octanol–water partition coefficient (Wildman–Crippen LogP) is 1.19. The fraction of sp³-hybridized carbons (Fsp3) is 0.588. The quantitative estimate of drug-likeness (QED) is 0.891. The first-order valence-electron chi connectivity index (χ1n) is 8.42. The number of aryl methyl sites for hydroxylation is 2. The van der Waals surface area contributed by atoms with Crippen molar-refractivity contribution in [3.8, 4) is 0 Å². The van der Waals surface area contributed by atoms with Gasteiger partial charge in [-0.25, -0.2) is 9.50 Å². The van der Waals surface area contributed by atoms with Crippen molar-refractivity contribution in [3.63, 3.8) is 0 Å². The third-order valence-corrected chi connectivity index (χ3v) is 4.54. The molecule has 2 aromatic rings. The lowest BCUT2D eigenvalue weighted by molar-refractivity contribution is 0.0877. The normalized spacial score (nSPS) is 18.9. The van der Waals surface area contributed by atoms with E-state index < -0.39 is 0 Å². The molecule has 3 rings (SSSR count). The van der Waals surface area contributed by atoms with Crippen LogP contribution < -0.4 is 5.32 Å². The first-order valence-corrected chi connectivity index (χ1v) is 8.42. The maximum Gasteiger partial charge on any atom is 0.254 e. The van der Waals surface area contributed by atoms with Gasteiger partial charge in [0.2, 0.25) is 0 Å². The van der Waals surface area contributed by atoms with Crippen molar-refractivity contribution in [2.45, 2.75) is 32.7 Å². The smallest absolute Gasteiger partial charge is 0.254 e. The summed E-state index contributed by atoms with van der Waals surface area (Å²) in [5.41, 5.74) is 3.06. The highest BCUT2D eigenvalue weighted by molar-refractivity contribution is 5.95. The highest BCUT2D eigenvalue weighted by Gasteiger charge is 2.23. The molecule has 7 nitrogen and oxygen atoms in total. The van der Waals surface area contributed by atoms with Gasteiger partial charge >= 0.3 is 0 Å². The number of hydrogen-bond donors (Lipinski definition) is 1. The average Bonchev–Trinajstić information content (AvgIpc) is 2.95. The third kappa shape index (κ3) is 3.57. The van der Waals surface area contributed by atoms with E-state index in [-0.39, 0.29) is 11.9 Å². The Bertz CT molecular complexity index is 727. The molecule has 0 saturated carbocycles. The number of amides is 1. The Hall–Kier alpha value is -1.99. The Labute approximate surface area is 142 Å². The topological polar surface area (TPSA) is 71.8 Å². The fourth-order valence-corrected chi connectivity index (χ4v) is 3.25. The minimum Gasteiger partial charge on any atom is -0.383 e. The molecule has 0 spiro atoms. The van der Waals surface area contributed by atoms with E-state index in [0.29, 0.717) is 5.56 Å². The number of nitrogens with one attached hydrogen (secondary N) is 1. The first kappa shape index (κ1) is 16.9. The van der Waals surface area contributed by atoms with Crippen molar-refractivity contribution in [2.75, 3.05) is 33.4 Å². The molecule has 0 radical (unpaired) electrons. The standard InChI is InChI=1S/C17H25N5O2/c1-12-9-16-18-10-15(13(2)22(16)20-12)17(23)19-14-5-4-6-21(11-14)7-8-24-3/h9-10,14H,4-8,11H2,1-3H3,(H,19,23). The van der Waals surface area contributed by atoms with Gasteiger partial charge in [-0.05, 0) is 33.2 Å². The number of methoxy groups -OCH3 is 1. The van der Waals surface area contributed by atoms with Crippen molar-refractivity contribution in [1.82, 2.24) is 24.8 Å². The van der Waals surface area contributed by atoms with Crippen LogP contribution in [0.3, 0.4) is 0 Å². The Morgan fingerprint density at radius 1 is 1.46 bits per heavy atom. The van der Waals surface area contributed by atoms with E-state index in [2.05, 4.69) is 20.3 Å². The van der Waals surface area contributed by atoms with Gasteiger partial charge in [0.25, 0.3) is 5.91 Å². The second-order valence-corrected chi connectivity index (χ2v) is 6.42. The molecule has 0 bridgehead atoms. The van der Waals surface area contributed by atoms with Crippen LogP contribution in [0.4, 0.5) is 0 Å². The van der Waals surface area contributed by atoms with Crippen molar-refractivity contribution in [2.24, 2.45) is 0 Å². The summed E-state index contributed by atoms with van der Waals surface area (Å²) < 4.78 is 6.87. The van der Waals surface area contributed by atoms with Crippen LogP contribution >= 0.6 is 0 Å². The van der Waals surface area contributed by atoms with Gasteiger partial charge in [-0.2, -0.15) is 5.10 Å². The highest BCUT2D eigenvalue weighted by atomic mass is 16.5.